The second-order valence-electron chi connectivity index (χ2n) is 6.40. The Morgan fingerprint density at radius 2 is 1.96 bits per heavy atom. The predicted molar refractivity (Wildman–Crippen MR) is 117 cm³/mol. The summed E-state index contributed by atoms with van der Waals surface area (Å²) in [4.78, 5) is 8.91. The Balaban J connectivity index is 0.00000243. The highest BCUT2D eigenvalue weighted by molar-refractivity contribution is 14.0. The van der Waals surface area contributed by atoms with Gasteiger partial charge in [-0.15, -0.1) is 24.0 Å². The minimum absolute atomic E-state index is 0. The Kier molecular flexibility index (Phi) is 9.24. The number of hydrogen-bond donors (Lipinski definition) is 1. The van der Waals surface area contributed by atoms with Crippen molar-refractivity contribution in [2.24, 2.45) is 10.7 Å². The molecule has 0 bridgehead atoms. The number of aliphatic imine (C=N–C) groups is 1. The van der Waals surface area contributed by atoms with Crippen LogP contribution in [0.1, 0.15) is 12.8 Å². The third kappa shape index (κ3) is 6.44. The summed E-state index contributed by atoms with van der Waals surface area (Å²) in [6, 6.07) is 7.97. The van der Waals surface area contributed by atoms with Crippen molar-refractivity contribution in [1.82, 2.24) is 4.90 Å². The zero-order valence-corrected chi connectivity index (χ0v) is 18.1. The maximum atomic E-state index is 6.12. The molecule has 0 amide bonds. The fraction of sp³-hybridized carbons (Fsp3) is 0.611. The molecule has 2 saturated heterocycles. The van der Waals surface area contributed by atoms with Crippen molar-refractivity contribution >= 4 is 47.2 Å². The first-order valence-corrected chi connectivity index (χ1v) is 9.35. The Labute approximate surface area is 177 Å². The lowest BCUT2D eigenvalue weighted by atomic mass is 10.2. The molecule has 2 N–H and O–H groups in total. The molecule has 2 aliphatic rings. The zero-order chi connectivity index (χ0) is 17.5. The average Bonchev–Trinajstić information content (AvgIpc) is 3.15. The summed E-state index contributed by atoms with van der Waals surface area (Å²) in [7, 11) is 0. The Bertz CT molecular complexity index is 559. The fourth-order valence-corrected chi connectivity index (χ4v) is 3.29. The number of halogens is 2. The Morgan fingerprint density at radius 3 is 2.62 bits per heavy atom. The van der Waals surface area contributed by atoms with Crippen LogP contribution >= 0.6 is 35.6 Å². The molecular formula is C18H28ClIN4O2. The first-order valence-electron chi connectivity index (χ1n) is 8.97. The molecule has 1 atom stereocenters. The second kappa shape index (κ2) is 11.2. The first kappa shape index (κ1) is 21.5. The molecule has 2 aliphatic heterocycles. The van der Waals surface area contributed by atoms with E-state index in [-0.39, 0.29) is 30.1 Å². The van der Waals surface area contributed by atoms with Gasteiger partial charge in [-0.05, 0) is 37.1 Å². The molecule has 1 aromatic carbocycles. The molecule has 0 radical (unpaired) electrons. The van der Waals surface area contributed by atoms with Gasteiger partial charge in [0.15, 0.2) is 5.96 Å². The van der Waals surface area contributed by atoms with Crippen LogP contribution in [0.2, 0.25) is 5.02 Å². The lowest BCUT2D eigenvalue weighted by molar-refractivity contribution is 0.0199. The summed E-state index contributed by atoms with van der Waals surface area (Å²) >= 11 is 5.95. The minimum Gasteiger partial charge on any atom is -0.377 e. The maximum absolute atomic E-state index is 6.12. The van der Waals surface area contributed by atoms with E-state index in [1.807, 2.05) is 12.1 Å². The minimum atomic E-state index is 0. The van der Waals surface area contributed by atoms with Gasteiger partial charge in [-0.25, -0.2) is 0 Å². The van der Waals surface area contributed by atoms with E-state index < -0.39 is 0 Å². The van der Waals surface area contributed by atoms with Crippen LogP contribution in [-0.4, -0.2) is 69.5 Å². The average molecular weight is 495 g/mol. The number of ether oxygens (including phenoxy) is 2. The van der Waals surface area contributed by atoms with Gasteiger partial charge in [-0.1, -0.05) is 11.6 Å². The molecule has 0 aliphatic carbocycles. The van der Waals surface area contributed by atoms with Crippen LogP contribution in [0.5, 0.6) is 0 Å². The van der Waals surface area contributed by atoms with Crippen molar-refractivity contribution in [3.8, 4) is 0 Å². The fourth-order valence-electron chi connectivity index (χ4n) is 3.16. The van der Waals surface area contributed by atoms with E-state index in [1.165, 1.54) is 5.69 Å². The van der Waals surface area contributed by atoms with Crippen LogP contribution in [0.4, 0.5) is 5.69 Å². The highest BCUT2D eigenvalue weighted by Gasteiger charge is 2.18. The predicted octanol–water partition coefficient (Wildman–Crippen LogP) is 2.59. The van der Waals surface area contributed by atoms with Gasteiger partial charge >= 0.3 is 0 Å². The molecule has 0 aromatic heterocycles. The number of hydrogen-bond acceptors (Lipinski definition) is 4. The number of rotatable bonds is 6. The van der Waals surface area contributed by atoms with Gasteiger partial charge < -0.3 is 25.0 Å². The van der Waals surface area contributed by atoms with Crippen LogP contribution in [0.15, 0.2) is 29.3 Å². The van der Waals surface area contributed by atoms with Crippen molar-refractivity contribution in [1.29, 1.82) is 0 Å². The summed E-state index contributed by atoms with van der Waals surface area (Å²) in [5.74, 6) is 0.608. The molecule has 1 aromatic rings. The lowest BCUT2D eigenvalue weighted by Crippen LogP contribution is -2.51. The topological polar surface area (TPSA) is 63.3 Å². The van der Waals surface area contributed by atoms with Gasteiger partial charge in [0.25, 0.3) is 0 Å². The Hall–Kier alpha value is -0.770. The molecule has 2 fully saturated rings. The number of nitrogens with zero attached hydrogens (tertiary/aromatic N) is 3. The summed E-state index contributed by atoms with van der Waals surface area (Å²) in [6.07, 6.45) is 2.51. The van der Waals surface area contributed by atoms with Crippen LogP contribution < -0.4 is 10.6 Å². The van der Waals surface area contributed by atoms with Gasteiger partial charge in [-0.3, -0.25) is 4.99 Å². The molecule has 146 valence electrons. The standard InChI is InChI=1S/C18H27ClN4O2.HI/c19-15-3-5-16(6-4-15)22-8-10-23(11-9-22)18(20)21-7-13-24-14-17-2-1-12-25-17;/h3-6,17H,1-2,7-14H2,(H2,20,21);1H. The van der Waals surface area contributed by atoms with Crippen LogP contribution in [0.3, 0.4) is 0 Å². The van der Waals surface area contributed by atoms with Gasteiger partial charge in [0.2, 0.25) is 0 Å². The lowest BCUT2D eigenvalue weighted by Gasteiger charge is -2.36. The number of anilines is 1. The molecule has 6 nitrogen and oxygen atoms in total. The maximum Gasteiger partial charge on any atom is 0.191 e. The molecule has 0 spiro atoms. The number of guanidine groups is 1. The smallest absolute Gasteiger partial charge is 0.191 e. The van der Waals surface area contributed by atoms with Crippen LogP contribution in [0, 0.1) is 0 Å². The first-order chi connectivity index (χ1) is 12.2. The normalized spacial score (nSPS) is 21.0. The molecule has 26 heavy (non-hydrogen) atoms. The van der Waals surface area contributed by atoms with Gasteiger partial charge in [0.05, 0.1) is 25.9 Å². The van der Waals surface area contributed by atoms with Crippen LogP contribution in [-0.2, 0) is 9.47 Å². The van der Waals surface area contributed by atoms with Crippen molar-refractivity contribution in [2.45, 2.75) is 18.9 Å². The largest absolute Gasteiger partial charge is 0.377 e. The monoisotopic (exact) mass is 494 g/mol. The number of benzene rings is 1. The van der Waals surface area contributed by atoms with Crippen LogP contribution in [0.25, 0.3) is 0 Å². The van der Waals surface area contributed by atoms with E-state index in [1.54, 1.807) is 0 Å². The zero-order valence-electron chi connectivity index (χ0n) is 15.0. The van der Waals surface area contributed by atoms with E-state index in [0.29, 0.717) is 25.7 Å². The summed E-state index contributed by atoms with van der Waals surface area (Å²) in [5, 5.41) is 0.764. The van der Waals surface area contributed by atoms with E-state index in [2.05, 4.69) is 26.9 Å². The SMILES string of the molecule is I.NC(=NCCOCC1CCCO1)N1CCN(c2ccc(Cl)cc2)CC1. The third-order valence-corrected chi connectivity index (χ3v) is 4.88. The van der Waals surface area contributed by atoms with Gasteiger partial charge in [-0.2, -0.15) is 0 Å². The summed E-state index contributed by atoms with van der Waals surface area (Å²) in [6.45, 7) is 6.29. The van der Waals surface area contributed by atoms with E-state index in [4.69, 9.17) is 26.8 Å². The molecule has 0 saturated carbocycles. The van der Waals surface area contributed by atoms with Gasteiger partial charge in [0.1, 0.15) is 0 Å². The molecule has 3 rings (SSSR count). The number of nitrogens with two attached hydrogens (primary N) is 1. The van der Waals surface area contributed by atoms with Crippen molar-refractivity contribution < 1.29 is 9.47 Å². The third-order valence-electron chi connectivity index (χ3n) is 4.63. The van der Waals surface area contributed by atoms with E-state index >= 15 is 0 Å². The molecule has 8 heteroatoms. The van der Waals surface area contributed by atoms with Crippen molar-refractivity contribution in [2.75, 3.05) is 57.4 Å². The highest BCUT2D eigenvalue weighted by atomic mass is 127. The van der Waals surface area contributed by atoms with Gasteiger partial charge in [0, 0.05) is 43.5 Å². The summed E-state index contributed by atoms with van der Waals surface area (Å²) < 4.78 is 11.1. The van der Waals surface area contributed by atoms with Crippen molar-refractivity contribution in [3.05, 3.63) is 29.3 Å². The number of piperazine rings is 1. The molecule has 1 unspecified atom stereocenters. The van der Waals surface area contributed by atoms with E-state index in [0.717, 1.165) is 50.7 Å². The Morgan fingerprint density at radius 1 is 1.23 bits per heavy atom. The molecular weight excluding hydrogens is 467 g/mol. The summed E-state index contributed by atoms with van der Waals surface area (Å²) in [5.41, 5.74) is 7.31. The van der Waals surface area contributed by atoms with Crippen molar-refractivity contribution in [3.63, 3.8) is 0 Å². The second-order valence-corrected chi connectivity index (χ2v) is 6.84. The quantitative estimate of drug-likeness (QED) is 0.285. The van der Waals surface area contributed by atoms with E-state index in [9.17, 15) is 0 Å². The highest BCUT2D eigenvalue weighted by Crippen LogP contribution is 2.19. The molecule has 2 heterocycles.